The zero-order chi connectivity index (χ0) is 30.2. The Bertz CT molecular complexity index is 1410. The molecule has 0 heterocycles. The number of methoxy groups -OCH3 is 1. The van der Waals surface area contributed by atoms with E-state index in [0.717, 1.165) is 9.87 Å². The van der Waals surface area contributed by atoms with Gasteiger partial charge in [0.15, 0.2) is 0 Å². The molecule has 0 saturated heterocycles. The largest absolute Gasteiger partial charge is 0.497 e. The van der Waals surface area contributed by atoms with Gasteiger partial charge in [-0.25, -0.2) is 8.42 Å². The number of anilines is 1. The molecule has 0 saturated carbocycles. The highest BCUT2D eigenvalue weighted by Gasteiger charge is 2.32. The molecule has 0 radical (unpaired) electrons. The van der Waals surface area contributed by atoms with Crippen LogP contribution in [0.4, 0.5) is 5.69 Å². The van der Waals surface area contributed by atoms with Gasteiger partial charge in [-0.2, -0.15) is 0 Å². The number of ether oxygens (including phenoxy) is 2. The van der Waals surface area contributed by atoms with E-state index in [9.17, 15) is 18.0 Å². The summed E-state index contributed by atoms with van der Waals surface area (Å²) in [7, 11) is -2.65. The Balaban J connectivity index is 2.02. The van der Waals surface area contributed by atoms with Crippen LogP contribution in [0.15, 0.2) is 77.7 Å². The molecule has 3 aromatic rings. The highest BCUT2D eigenvalue weighted by molar-refractivity contribution is 7.92. The van der Waals surface area contributed by atoms with Crippen LogP contribution in [0.5, 0.6) is 11.5 Å². The standard InChI is InChI=1S/C30H36ClN3O6S/c1-6-40-27-15-11-25(12-16-27)34(41(37,38)28-17-9-24(31)10-18-28)20-29(35)33(22(4)30(36)32-21(2)3)19-23-7-13-26(39-5)14-8-23/h7-18,21-22H,6,19-20H2,1-5H3,(H,32,36)/t22-/m1/s1. The first-order valence-electron chi connectivity index (χ1n) is 13.2. The SMILES string of the molecule is CCOc1ccc(N(CC(=O)N(Cc2ccc(OC)cc2)[C@H](C)C(=O)NC(C)C)S(=O)(=O)c2ccc(Cl)cc2)cc1. The average molecular weight is 602 g/mol. The molecule has 220 valence electrons. The van der Waals surface area contributed by atoms with Gasteiger partial charge in [0.05, 0.1) is 24.3 Å². The molecular weight excluding hydrogens is 566 g/mol. The van der Waals surface area contributed by atoms with Crippen molar-refractivity contribution in [1.82, 2.24) is 10.2 Å². The minimum absolute atomic E-state index is 0.0316. The van der Waals surface area contributed by atoms with Crippen molar-refractivity contribution in [2.24, 2.45) is 0 Å². The average Bonchev–Trinajstić information content (AvgIpc) is 2.95. The predicted octanol–water partition coefficient (Wildman–Crippen LogP) is 4.88. The van der Waals surface area contributed by atoms with Gasteiger partial charge in [0.1, 0.15) is 24.1 Å². The summed E-state index contributed by atoms with van der Waals surface area (Å²) in [5.74, 6) is 0.299. The van der Waals surface area contributed by atoms with E-state index in [2.05, 4.69) is 5.32 Å². The molecule has 0 bridgehead atoms. The molecule has 0 aliphatic carbocycles. The van der Waals surface area contributed by atoms with E-state index in [-0.39, 0.29) is 29.1 Å². The van der Waals surface area contributed by atoms with Gasteiger partial charge in [-0.1, -0.05) is 23.7 Å². The van der Waals surface area contributed by atoms with Gasteiger partial charge >= 0.3 is 0 Å². The third-order valence-corrected chi connectivity index (χ3v) is 8.27. The normalized spacial score (nSPS) is 12.0. The predicted molar refractivity (Wildman–Crippen MR) is 160 cm³/mol. The molecule has 1 N–H and O–H groups in total. The maximum Gasteiger partial charge on any atom is 0.264 e. The third-order valence-electron chi connectivity index (χ3n) is 6.23. The van der Waals surface area contributed by atoms with E-state index in [0.29, 0.717) is 23.1 Å². The van der Waals surface area contributed by atoms with Crippen molar-refractivity contribution < 1.29 is 27.5 Å². The molecule has 0 spiro atoms. The van der Waals surface area contributed by atoms with Crippen LogP contribution in [0.1, 0.15) is 33.3 Å². The van der Waals surface area contributed by atoms with Crippen molar-refractivity contribution in [3.63, 3.8) is 0 Å². The lowest BCUT2D eigenvalue weighted by Gasteiger charge is -2.32. The van der Waals surface area contributed by atoms with Gasteiger partial charge in [-0.05, 0) is 93.9 Å². The molecule has 2 amide bonds. The minimum atomic E-state index is -4.20. The van der Waals surface area contributed by atoms with E-state index in [1.165, 1.54) is 29.2 Å². The molecule has 0 aromatic heterocycles. The van der Waals surface area contributed by atoms with Crippen LogP contribution in [0.25, 0.3) is 0 Å². The second-order valence-electron chi connectivity index (χ2n) is 9.60. The van der Waals surface area contributed by atoms with Gasteiger partial charge in [-0.15, -0.1) is 0 Å². The Kier molecular flexibility index (Phi) is 11.0. The fourth-order valence-electron chi connectivity index (χ4n) is 4.05. The number of carbonyl (C=O) groups is 2. The molecule has 9 nitrogen and oxygen atoms in total. The molecule has 0 aliphatic heterocycles. The lowest BCUT2D eigenvalue weighted by molar-refractivity contribution is -0.139. The second kappa shape index (κ2) is 14.2. The van der Waals surface area contributed by atoms with Gasteiger partial charge in [-0.3, -0.25) is 13.9 Å². The number of hydrogen-bond donors (Lipinski definition) is 1. The van der Waals surface area contributed by atoms with E-state index < -0.39 is 28.5 Å². The van der Waals surface area contributed by atoms with Gasteiger partial charge in [0.25, 0.3) is 10.0 Å². The van der Waals surface area contributed by atoms with Gasteiger partial charge in [0, 0.05) is 17.6 Å². The summed E-state index contributed by atoms with van der Waals surface area (Å²) in [6, 6.07) is 18.2. The quantitative estimate of drug-likeness (QED) is 0.299. The summed E-state index contributed by atoms with van der Waals surface area (Å²) in [5.41, 5.74) is 1.01. The molecule has 0 fully saturated rings. The topological polar surface area (TPSA) is 105 Å². The van der Waals surface area contributed by atoms with Crippen molar-refractivity contribution >= 4 is 39.1 Å². The first-order chi connectivity index (χ1) is 19.5. The molecular formula is C30H36ClN3O6S. The van der Waals surface area contributed by atoms with Crippen LogP contribution >= 0.6 is 11.6 Å². The maximum absolute atomic E-state index is 14.0. The summed E-state index contributed by atoms with van der Waals surface area (Å²) >= 11 is 6.00. The van der Waals surface area contributed by atoms with Crippen molar-refractivity contribution in [3.05, 3.63) is 83.4 Å². The van der Waals surface area contributed by atoms with E-state index in [4.69, 9.17) is 21.1 Å². The Morgan fingerprint density at radius 2 is 1.49 bits per heavy atom. The summed E-state index contributed by atoms with van der Waals surface area (Å²) in [5, 5.41) is 3.21. The van der Waals surface area contributed by atoms with E-state index in [1.807, 2.05) is 20.8 Å². The number of carbonyl (C=O) groups excluding carboxylic acids is 2. The van der Waals surface area contributed by atoms with Crippen molar-refractivity contribution in [1.29, 1.82) is 0 Å². The lowest BCUT2D eigenvalue weighted by Crippen LogP contribution is -2.52. The summed E-state index contributed by atoms with van der Waals surface area (Å²) in [6.07, 6.45) is 0. The Labute approximate surface area is 247 Å². The van der Waals surface area contributed by atoms with Gasteiger partial charge in [0.2, 0.25) is 11.8 Å². The summed E-state index contributed by atoms with van der Waals surface area (Å²) in [4.78, 5) is 28.3. The van der Waals surface area contributed by atoms with Crippen molar-refractivity contribution in [2.45, 2.75) is 51.2 Å². The highest BCUT2D eigenvalue weighted by Crippen LogP contribution is 2.27. The number of sulfonamides is 1. The van der Waals surface area contributed by atoms with Crippen LogP contribution in [0, 0.1) is 0 Å². The fourth-order valence-corrected chi connectivity index (χ4v) is 5.59. The number of nitrogens with one attached hydrogen (secondary N) is 1. The number of rotatable bonds is 13. The summed E-state index contributed by atoms with van der Waals surface area (Å²) < 4.78 is 39.5. The number of amides is 2. The van der Waals surface area contributed by atoms with Crippen LogP contribution < -0.4 is 19.1 Å². The maximum atomic E-state index is 14.0. The number of halogens is 1. The Morgan fingerprint density at radius 3 is 2.02 bits per heavy atom. The third kappa shape index (κ3) is 8.37. The first kappa shape index (κ1) is 31.8. The van der Waals surface area contributed by atoms with Crippen molar-refractivity contribution in [2.75, 3.05) is 24.6 Å². The molecule has 3 rings (SSSR count). The Morgan fingerprint density at radius 1 is 0.902 bits per heavy atom. The highest BCUT2D eigenvalue weighted by atomic mass is 35.5. The van der Waals surface area contributed by atoms with Gasteiger partial charge < -0.3 is 19.7 Å². The zero-order valence-corrected chi connectivity index (χ0v) is 25.4. The zero-order valence-electron chi connectivity index (χ0n) is 23.8. The molecule has 3 aromatic carbocycles. The number of benzene rings is 3. The number of nitrogens with zero attached hydrogens (tertiary/aromatic N) is 2. The van der Waals surface area contributed by atoms with Crippen LogP contribution in [0.2, 0.25) is 5.02 Å². The van der Waals surface area contributed by atoms with E-state index in [1.54, 1.807) is 62.6 Å². The minimum Gasteiger partial charge on any atom is -0.497 e. The monoisotopic (exact) mass is 601 g/mol. The number of hydrogen-bond acceptors (Lipinski definition) is 6. The molecule has 0 aliphatic rings. The second-order valence-corrected chi connectivity index (χ2v) is 11.9. The summed E-state index contributed by atoms with van der Waals surface area (Å²) in [6.45, 7) is 7.09. The molecule has 1 atom stereocenters. The fraction of sp³-hybridized carbons (Fsp3) is 0.333. The lowest BCUT2D eigenvalue weighted by atomic mass is 10.1. The smallest absolute Gasteiger partial charge is 0.264 e. The van der Waals surface area contributed by atoms with Crippen LogP contribution in [-0.4, -0.2) is 57.5 Å². The van der Waals surface area contributed by atoms with E-state index >= 15 is 0 Å². The van der Waals surface area contributed by atoms with Crippen LogP contribution in [-0.2, 0) is 26.2 Å². The Hall–Kier alpha value is -3.76. The molecule has 0 unspecified atom stereocenters. The first-order valence-corrected chi connectivity index (χ1v) is 15.0. The van der Waals surface area contributed by atoms with Crippen molar-refractivity contribution in [3.8, 4) is 11.5 Å². The molecule has 11 heteroatoms. The molecule has 41 heavy (non-hydrogen) atoms. The van der Waals surface area contributed by atoms with Crippen LogP contribution in [0.3, 0.4) is 0 Å².